The number of benzene rings is 1. The van der Waals surface area contributed by atoms with Crippen LogP contribution in [0.5, 0.6) is 0 Å². The summed E-state index contributed by atoms with van der Waals surface area (Å²) in [5, 5.41) is 0. The van der Waals surface area contributed by atoms with E-state index >= 15 is 0 Å². The minimum Gasteiger partial charge on any atom is -0.375 e. The zero-order valence-corrected chi connectivity index (χ0v) is 18.7. The van der Waals surface area contributed by atoms with Gasteiger partial charge in [-0.2, -0.15) is 0 Å². The summed E-state index contributed by atoms with van der Waals surface area (Å²) in [5.74, 6) is 0. The van der Waals surface area contributed by atoms with Gasteiger partial charge in [-0.15, -0.1) is 0 Å². The summed E-state index contributed by atoms with van der Waals surface area (Å²) in [6, 6.07) is 11.3. The largest absolute Gasteiger partial charge is 0.375 e. The summed E-state index contributed by atoms with van der Waals surface area (Å²) >= 11 is 0. The van der Waals surface area contributed by atoms with E-state index in [9.17, 15) is 0 Å². The molecule has 3 nitrogen and oxygen atoms in total. The third kappa shape index (κ3) is 4.49. The van der Waals surface area contributed by atoms with Gasteiger partial charge in [-0.3, -0.25) is 9.80 Å². The molecular weight excluding hydrogens is 368 g/mol. The first-order valence-corrected chi connectivity index (χ1v) is 11.8. The van der Waals surface area contributed by atoms with Crippen LogP contribution in [-0.2, 0) is 10.3 Å². The Morgan fingerprint density at radius 3 is 2.47 bits per heavy atom. The molecule has 2 heterocycles. The molecule has 0 radical (unpaired) electrons. The molecule has 0 amide bonds. The molecule has 1 aromatic carbocycles. The SMILES string of the molecule is C=C/C=C(\C=C/C)CN1CCN(C2(c3ccccc3)CCOC3(CCCC3)C2)CC1. The van der Waals surface area contributed by atoms with Crippen LogP contribution in [0.2, 0.25) is 0 Å². The maximum Gasteiger partial charge on any atom is 0.0703 e. The highest BCUT2D eigenvalue weighted by Gasteiger charge is 2.51. The molecule has 1 atom stereocenters. The fourth-order valence-corrected chi connectivity index (χ4v) is 6.02. The smallest absolute Gasteiger partial charge is 0.0703 e. The van der Waals surface area contributed by atoms with E-state index in [2.05, 4.69) is 71.9 Å². The van der Waals surface area contributed by atoms with Crippen molar-refractivity contribution in [3.05, 3.63) is 72.4 Å². The van der Waals surface area contributed by atoms with E-state index in [-0.39, 0.29) is 11.1 Å². The Kier molecular flexibility index (Phi) is 6.92. The molecule has 3 aliphatic rings. The minimum atomic E-state index is 0.108. The molecule has 1 saturated carbocycles. The lowest BCUT2D eigenvalue weighted by Crippen LogP contribution is -2.60. The summed E-state index contributed by atoms with van der Waals surface area (Å²) in [4.78, 5) is 5.39. The molecule has 3 heteroatoms. The van der Waals surface area contributed by atoms with Gasteiger partial charge in [0.25, 0.3) is 0 Å². The molecule has 0 N–H and O–H groups in total. The van der Waals surface area contributed by atoms with Crippen LogP contribution < -0.4 is 0 Å². The van der Waals surface area contributed by atoms with Gasteiger partial charge in [-0.25, -0.2) is 0 Å². The average molecular weight is 407 g/mol. The van der Waals surface area contributed by atoms with Gasteiger partial charge in [0, 0.05) is 39.3 Å². The highest BCUT2D eigenvalue weighted by atomic mass is 16.5. The van der Waals surface area contributed by atoms with Crippen molar-refractivity contribution in [1.29, 1.82) is 0 Å². The van der Waals surface area contributed by atoms with Crippen LogP contribution >= 0.6 is 0 Å². The van der Waals surface area contributed by atoms with Gasteiger partial charge in [-0.05, 0) is 43.7 Å². The fourth-order valence-electron chi connectivity index (χ4n) is 6.02. The Labute approximate surface area is 183 Å². The summed E-state index contributed by atoms with van der Waals surface area (Å²) in [6.07, 6.45) is 15.8. The highest BCUT2D eigenvalue weighted by molar-refractivity contribution is 5.28. The summed E-state index contributed by atoms with van der Waals surface area (Å²) in [6.45, 7) is 12.4. The van der Waals surface area contributed by atoms with Crippen molar-refractivity contribution in [3.8, 4) is 0 Å². The summed E-state index contributed by atoms with van der Waals surface area (Å²) < 4.78 is 6.46. The molecule has 1 spiro atoms. The maximum absolute atomic E-state index is 6.46. The second-order valence-corrected chi connectivity index (χ2v) is 9.30. The van der Waals surface area contributed by atoms with E-state index in [4.69, 9.17) is 4.74 Å². The fraction of sp³-hybridized carbons (Fsp3) is 0.556. The predicted molar refractivity (Wildman–Crippen MR) is 126 cm³/mol. The number of piperazine rings is 1. The second-order valence-electron chi connectivity index (χ2n) is 9.30. The maximum atomic E-state index is 6.46. The topological polar surface area (TPSA) is 15.7 Å². The van der Waals surface area contributed by atoms with Crippen molar-refractivity contribution in [1.82, 2.24) is 9.80 Å². The zero-order valence-electron chi connectivity index (χ0n) is 18.7. The number of ether oxygens (including phenoxy) is 1. The Balaban J connectivity index is 1.52. The van der Waals surface area contributed by atoms with Gasteiger partial charge in [0.2, 0.25) is 0 Å². The predicted octanol–water partition coefficient (Wildman–Crippen LogP) is 5.31. The number of hydrogen-bond acceptors (Lipinski definition) is 3. The minimum absolute atomic E-state index is 0.108. The van der Waals surface area contributed by atoms with Crippen molar-refractivity contribution < 1.29 is 4.74 Å². The molecule has 1 aliphatic carbocycles. The molecule has 30 heavy (non-hydrogen) atoms. The first-order chi connectivity index (χ1) is 14.7. The van der Waals surface area contributed by atoms with Crippen molar-refractivity contribution in [3.63, 3.8) is 0 Å². The lowest BCUT2D eigenvalue weighted by molar-refractivity contribution is -0.144. The van der Waals surface area contributed by atoms with Crippen LogP contribution in [0.15, 0.2) is 66.8 Å². The van der Waals surface area contributed by atoms with Gasteiger partial charge in [-0.1, -0.05) is 74.1 Å². The van der Waals surface area contributed by atoms with Gasteiger partial charge in [0.1, 0.15) is 0 Å². The van der Waals surface area contributed by atoms with Crippen LogP contribution in [-0.4, -0.2) is 54.7 Å². The summed E-state index contributed by atoms with van der Waals surface area (Å²) in [7, 11) is 0. The van der Waals surface area contributed by atoms with Crippen LogP contribution in [0, 0.1) is 0 Å². The van der Waals surface area contributed by atoms with Crippen LogP contribution in [0.25, 0.3) is 0 Å². The van der Waals surface area contributed by atoms with Crippen molar-refractivity contribution in [2.75, 3.05) is 39.3 Å². The molecule has 2 saturated heterocycles. The summed E-state index contributed by atoms with van der Waals surface area (Å²) in [5.41, 5.74) is 3.07. The zero-order chi connectivity index (χ0) is 20.9. The molecule has 1 unspecified atom stereocenters. The molecule has 3 fully saturated rings. The first kappa shape index (κ1) is 21.5. The Bertz CT molecular complexity index is 754. The van der Waals surface area contributed by atoms with Gasteiger partial charge < -0.3 is 4.74 Å². The van der Waals surface area contributed by atoms with E-state index in [0.717, 1.165) is 52.2 Å². The van der Waals surface area contributed by atoms with Crippen LogP contribution in [0.1, 0.15) is 51.0 Å². The monoisotopic (exact) mass is 406 g/mol. The molecule has 0 bridgehead atoms. The lowest BCUT2D eigenvalue weighted by atomic mass is 9.73. The van der Waals surface area contributed by atoms with Gasteiger partial charge in [0.05, 0.1) is 11.1 Å². The standard InChI is InChI=1S/C27H38N2O/c1-3-10-24(11-4-2)22-28-17-19-29(20-18-28)27(25-12-6-5-7-13-25)16-21-30-26(23-27)14-8-9-15-26/h3-7,10-13H,1,8-9,14-23H2,2H3/b11-4-,24-10+. The van der Waals surface area contributed by atoms with E-state index in [1.165, 1.54) is 36.8 Å². The Morgan fingerprint density at radius 1 is 1.07 bits per heavy atom. The van der Waals surface area contributed by atoms with Crippen LogP contribution in [0.4, 0.5) is 0 Å². The van der Waals surface area contributed by atoms with Crippen LogP contribution in [0.3, 0.4) is 0 Å². The molecular formula is C27H38N2O. The number of rotatable bonds is 6. The van der Waals surface area contributed by atoms with Gasteiger partial charge in [0.15, 0.2) is 0 Å². The third-order valence-corrected chi connectivity index (χ3v) is 7.46. The average Bonchev–Trinajstić information content (AvgIpc) is 3.22. The molecule has 4 rings (SSSR count). The number of hydrogen-bond donors (Lipinski definition) is 0. The second kappa shape index (κ2) is 9.64. The van der Waals surface area contributed by atoms with Gasteiger partial charge >= 0.3 is 0 Å². The first-order valence-electron chi connectivity index (χ1n) is 11.8. The van der Waals surface area contributed by atoms with Crippen molar-refractivity contribution in [2.24, 2.45) is 0 Å². The number of nitrogens with zero attached hydrogens (tertiary/aromatic N) is 2. The quantitative estimate of drug-likeness (QED) is 0.595. The van der Waals surface area contributed by atoms with E-state index < -0.39 is 0 Å². The van der Waals surface area contributed by atoms with Crippen molar-refractivity contribution >= 4 is 0 Å². The molecule has 162 valence electrons. The lowest BCUT2D eigenvalue weighted by Gasteiger charge is -2.54. The number of allylic oxidation sites excluding steroid dienone is 3. The van der Waals surface area contributed by atoms with E-state index in [1.807, 2.05) is 6.08 Å². The van der Waals surface area contributed by atoms with E-state index in [0.29, 0.717) is 0 Å². The normalized spacial score (nSPS) is 28.4. The third-order valence-electron chi connectivity index (χ3n) is 7.46. The molecule has 0 aromatic heterocycles. The van der Waals surface area contributed by atoms with E-state index in [1.54, 1.807) is 0 Å². The van der Waals surface area contributed by atoms with Crippen molar-refractivity contribution in [2.45, 2.75) is 56.6 Å². The Morgan fingerprint density at radius 2 is 1.80 bits per heavy atom. The molecule has 1 aromatic rings. The molecule has 2 aliphatic heterocycles. The Hall–Kier alpha value is -1.68. The highest BCUT2D eigenvalue weighted by Crippen LogP contribution is 2.50.